The summed E-state index contributed by atoms with van der Waals surface area (Å²) >= 11 is 7.17. The summed E-state index contributed by atoms with van der Waals surface area (Å²) in [7, 11) is 1.86. The van der Waals surface area contributed by atoms with Crippen LogP contribution < -0.4 is 5.73 Å². The molecule has 3 N–H and O–H groups in total. The number of hydrogen-bond acceptors (Lipinski definition) is 5. The third-order valence-corrected chi connectivity index (χ3v) is 7.25. The Balaban J connectivity index is 1.72. The van der Waals surface area contributed by atoms with E-state index in [1.807, 2.05) is 7.05 Å². The molecule has 0 unspecified atom stereocenters. The van der Waals surface area contributed by atoms with Crippen LogP contribution in [-0.4, -0.2) is 35.5 Å². The van der Waals surface area contributed by atoms with E-state index in [0.717, 1.165) is 51.6 Å². The van der Waals surface area contributed by atoms with Crippen molar-refractivity contribution < 1.29 is 9.90 Å². The predicted molar refractivity (Wildman–Crippen MR) is 112 cm³/mol. The number of nitrogens with zero attached hydrogens (tertiary/aromatic N) is 5. The normalized spacial score (nSPS) is 20.0. The molecule has 28 heavy (non-hydrogen) atoms. The summed E-state index contributed by atoms with van der Waals surface area (Å²) in [6.07, 6.45) is 7.34. The zero-order chi connectivity index (χ0) is 20.0. The maximum Gasteiger partial charge on any atom is 0.303 e. The molecule has 0 aromatic carbocycles. The minimum Gasteiger partial charge on any atom is -0.481 e. The van der Waals surface area contributed by atoms with Gasteiger partial charge in [0.1, 0.15) is 10.4 Å². The molecule has 4 rings (SSSR count). The average Bonchev–Trinajstić information content (AvgIpc) is 3.22. The smallest absolute Gasteiger partial charge is 0.303 e. The van der Waals surface area contributed by atoms with Crippen LogP contribution in [0.3, 0.4) is 0 Å². The molecule has 0 saturated heterocycles. The number of fused-ring (bicyclic) bond motifs is 1. The van der Waals surface area contributed by atoms with Gasteiger partial charge in [0.2, 0.25) is 0 Å². The van der Waals surface area contributed by atoms with Crippen molar-refractivity contribution in [3.63, 3.8) is 0 Å². The average molecular weight is 512 g/mol. The van der Waals surface area contributed by atoms with Gasteiger partial charge in [0.15, 0.2) is 5.65 Å². The highest BCUT2D eigenvalue weighted by Gasteiger charge is 2.28. The second-order valence-corrected chi connectivity index (χ2v) is 8.82. The van der Waals surface area contributed by atoms with Crippen LogP contribution in [0.5, 0.6) is 0 Å². The van der Waals surface area contributed by atoms with Crippen molar-refractivity contribution in [2.75, 3.05) is 5.73 Å². The van der Waals surface area contributed by atoms with E-state index in [4.69, 9.17) is 15.8 Å². The fourth-order valence-corrected chi connectivity index (χ4v) is 4.95. The fourth-order valence-electron chi connectivity index (χ4n) is 3.96. The van der Waals surface area contributed by atoms with E-state index in [1.165, 1.54) is 0 Å². The van der Waals surface area contributed by atoms with Crippen LogP contribution >= 0.6 is 31.9 Å². The fraction of sp³-hybridized carbons (Fsp3) is 0.444. The lowest BCUT2D eigenvalue weighted by Crippen LogP contribution is -2.18. The molecular formula is C18H20Br2N6O2. The van der Waals surface area contributed by atoms with E-state index in [1.54, 1.807) is 21.6 Å². The zero-order valence-electron chi connectivity index (χ0n) is 15.3. The van der Waals surface area contributed by atoms with E-state index in [-0.39, 0.29) is 18.3 Å². The van der Waals surface area contributed by atoms with E-state index in [0.29, 0.717) is 11.5 Å². The predicted octanol–water partition coefficient (Wildman–Crippen LogP) is 3.99. The maximum atomic E-state index is 11.0. The van der Waals surface area contributed by atoms with Crippen molar-refractivity contribution in [3.8, 4) is 11.1 Å². The molecule has 0 amide bonds. The summed E-state index contributed by atoms with van der Waals surface area (Å²) in [6.45, 7) is 0. The number of carbonyl (C=O) groups is 1. The zero-order valence-corrected chi connectivity index (χ0v) is 18.4. The topological polar surface area (TPSA) is 111 Å². The van der Waals surface area contributed by atoms with Crippen LogP contribution in [0.4, 0.5) is 5.82 Å². The lowest BCUT2D eigenvalue weighted by molar-refractivity contribution is -0.138. The van der Waals surface area contributed by atoms with Crippen molar-refractivity contribution in [2.45, 2.75) is 38.0 Å². The van der Waals surface area contributed by atoms with E-state index >= 15 is 0 Å². The Morgan fingerprint density at radius 2 is 1.89 bits per heavy atom. The summed E-state index contributed by atoms with van der Waals surface area (Å²) in [5.41, 5.74) is 9.73. The number of halogens is 2. The molecule has 10 heteroatoms. The molecule has 3 heterocycles. The highest BCUT2D eigenvalue weighted by Crippen LogP contribution is 2.41. The number of carboxylic acid groups (broad SMARTS) is 1. The first-order chi connectivity index (χ1) is 13.4. The van der Waals surface area contributed by atoms with Gasteiger partial charge in [0.25, 0.3) is 0 Å². The quantitative estimate of drug-likeness (QED) is 0.547. The minimum absolute atomic E-state index is 0.240. The molecule has 0 radical (unpaired) electrons. The van der Waals surface area contributed by atoms with Crippen LogP contribution in [0.1, 0.15) is 43.7 Å². The van der Waals surface area contributed by atoms with Crippen molar-refractivity contribution >= 4 is 49.3 Å². The number of rotatable bonds is 4. The van der Waals surface area contributed by atoms with Gasteiger partial charge in [-0.1, -0.05) is 0 Å². The number of nitrogen functional groups attached to an aromatic ring is 1. The Morgan fingerprint density at radius 3 is 2.50 bits per heavy atom. The number of aliphatic carboxylic acids is 1. The van der Waals surface area contributed by atoms with E-state index in [9.17, 15) is 4.79 Å². The summed E-state index contributed by atoms with van der Waals surface area (Å²) < 4.78 is 4.99. The first-order valence-corrected chi connectivity index (χ1v) is 10.7. The molecule has 0 atom stereocenters. The second kappa shape index (κ2) is 7.47. The molecule has 0 spiro atoms. The van der Waals surface area contributed by atoms with Gasteiger partial charge in [-0.3, -0.25) is 9.48 Å². The molecule has 1 aliphatic rings. The third-order valence-electron chi connectivity index (χ3n) is 5.50. The van der Waals surface area contributed by atoms with Crippen LogP contribution in [0.2, 0.25) is 0 Å². The summed E-state index contributed by atoms with van der Waals surface area (Å²) in [5, 5.41) is 17.7. The maximum absolute atomic E-state index is 11.0. The molecule has 148 valence electrons. The van der Waals surface area contributed by atoms with Gasteiger partial charge < -0.3 is 10.8 Å². The van der Waals surface area contributed by atoms with E-state index < -0.39 is 5.97 Å². The third kappa shape index (κ3) is 3.32. The number of carboxylic acids is 1. The van der Waals surface area contributed by atoms with Crippen molar-refractivity contribution in [2.24, 2.45) is 13.0 Å². The number of anilines is 1. The number of aromatic nitrogens is 5. The summed E-state index contributed by atoms with van der Waals surface area (Å²) in [6, 6.07) is 0. The van der Waals surface area contributed by atoms with E-state index in [2.05, 4.69) is 42.1 Å². The molecule has 3 aromatic heterocycles. The summed E-state index contributed by atoms with van der Waals surface area (Å²) in [4.78, 5) is 15.9. The Labute approximate surface area is 178 Å². The Morgan fingerprint density at radius 1 is 1.21 bits per heavy atom. The minimum atomic E-state index is -0.723. The van der Waals surface area contributed by atoms with Crippen molar-refractivity contribution in [3.05, 3.63) is 27.2 Å². The van der Waals surface area contributed by atoms with Crippen LogP contribution in [0.25, 0.3) is 16.8 Å². The summed E-state index contributed by atoms with van der Waals surface area (Å²) in [5.74, 6) is 0.274. The monoisotopic (exact) mass is 510 g/mol. The highest BCUT2D eigenvalue weighted by atomic mass is 79.9. The van der Waals surface area contributed by atoms with Gasteiger partial charge in [-0.2, -0.15) is 14.7 Å². The van der Waals surface area contributed by atoms with Crippen LogP contribution in [-0.2, 0) is 11.8 Å². The molecule has 0 aliphatic heterocycles. The Kier molecular flexibility index (Phi) is 5.17. The first-order valence-electron chi connectivity index (χ1n) is 9.09. The molecule has 1 fully saturated rings. The molecule has 8 nitrogen and oxygen atoms in total. The standard InChI is InChI=1S/C18H20Br2N6O2/c1-25-16(20)11(7-22-25)12-8-23-26-17(21)14(19)15(24-18(12)26)10-4-2-9(3-5-10)6-13(27)28/h7-10H,2-6,21H2,1H3,(H,27,28). The van der Waals surface area contributed by atoms with Gasteiger partial charge in [-0.05, 0) is 63.5 Å². The van der Waals surface area contributed by atoms with Crippen molar-refractivity contribution in [1.29, 1.82) is 0 Å². The van der Waals surface area contributed by atoms with Crippen LogP contribution in [0, 0.1) is 5.92 Å². The molecule has 0 bridgehead atoms. The van der Waals surface area contributed by atoms with Gasteiger partial charge in [-0.25, -0.2) is 4.98 Å². The highest BCUT2D eigenvalue weighted by molar-refractivity contribution is 9.11. The molecule has 1 saturated carbocycles. The molecule has 3 aromatic rings. The number of aryl methyl sites for hydroxylation is 1. The largest absolute Gasteiger partial charge is 0.481 e. The second-order valence-electron chi connectivity index (χ2n) is 7.28. The first kappa shape index (κ1) is 19.4. The SMILES string of the molecule is Cn1ncc(-c2cnn3c(N)c(Br)c(C4CCC(CC(=O)O)CC4)nc23)c1Br. The lowest BCUT2D eigenvalue weighted by Gasteiger charge is -2.28. The van der Waals surface area contributed by atoms with Crippen LogP contribution in [0.15, 0.2) is 21.5 Å². The van der Waals surface area contributed by atoms with Gasteiger partial charge >= 0.3 is 5.97 Å². The van der Waals surface area contributed by atoms with Gasteiger partial charge in [0, 0.05) is 24.9 Å². The van der Waals surface area contributed by atoms with Crippen molar-refractivity contribution in [1.82, 2.24) is 24.4 Å². The Bertz CT molecular complexity index is 1050. The molecular weight excluding hydrogens is 492 g/mol. The Hall–Kier alpha value is -1.94. The lowest BCUT2D eigenvalue weighted by atomic mass is 9.79. The number of nitrogens with two attached hydrogens (primary N) is 1. The number of hydrogen-bond donors (Lipinski definition) is 2. The van der Waals surface area contributed by atoms with Gasteiger partial charge in [0.05, 0.1) is 28.1 Å². The molecule has 1 aliphatic carbocycles. The van der Waals surface area contributed by atoms with Gasteiger partial charge in [-0.15, -0.1) is 0 Å².